The van der Waals surface area contributed by atoms with Crippen molar-refractivity contribution < 1.29 is 28.6 Å². The zero-order chi connectivity index (χ0) is 30.2. The minimum absolute atomic E-state index is 0.0450. The summed E-state index contributed by atoms with van der Waals surface area (Å²) in [4.78, 5) is 41.8. The average Bonchev–Trinajstić information content (AvgIpc) is 2.99. The maximum absolute atomic E-state index is 13.7. The van der Waals surface area contributed by atoms with E-state index in [2.05, 4.69) is 22.0 Å². The second-order valence-corrected chi connectivity index (χ2v) is 11.4. The van der Waals surface area contributed by atoms with Crippen molar-refractivity contribution in [2.75, 3.05) is 26.7 Å². The summed E-state index contributed by atoms with van der Waals surface area (Å²) < 4.78 is 20.0. The summed E-state index contributed by atoms with van der Waals surface area (Å²) in [6.45, 7) is 4.20. The minimum Gasteiger partial charge on any atom is -0.489 e. The summed E-state index contributed by atoms with van der Waals surface area (Å²) in [6, 6.07) is 9.09. The molecule has 2 heterocycles. The highest BCUT2D eigenvalue weighted by Crippen LogP contribution is 2.32. The number of amides is 3. The molecule has 0 fully saturated rings. The van der Waals surface area contributed by atoms with E-state index in [0.717, 1.165) is 36.1 Å². The van der Waals surface area contributed by atoms with E-state index in [1.807, 2.05) is 26.0 Å². The van der Waals surface area contributed by atoms with E-state index in [1.165, 1.54) is 24.1 Å². The number of carbonyl (C=O) groups excluding carboxylic acids is 3. The number of nitrogens with one attached hydrogen (secondary N) is 3. The molecule has 0 saturated carbocycles. The molecule has 2 unspecified atom stereocenters. The van der Waals surface area contributed by atoms with Crippen molar-refractivity contribution in [3.63, 3.8) is 0 Å². The highest BCUT2D eigenvalue weighted by atomic mass is 19.1. The van der Waals surface area contributed by atoms with Crippen molar-refractivity contribution in [3.8, 4) is 5.75 Å². The van der Waals surface area contributed by atoms with Crippen LogP contribution in [0.3, 0.4) is 0 Å². The predicted octanol–water partition coefficient (Wildman–Crippen LogP) is 2.13. The summed E-state index contributed by atoms with van der Waals surface area (Å²) in [6.07, 6.45) is 3.77. The Morgan fingerprint density at radius 3 is 2.48 bits per heavy atom. The number of hydrogen-bond donors (Lipinski definition) is 4. The third-order valence-corrected chi connectivity index (χ3v) is 8.44. The van der Waals surface area contributed by atoms with E-state index in [9.17, 15) is 23.9 Å². The van der Waals surface area contributed by atoms with Crippen molar-refractivity contribution in [1.82, 2.24) is 20.9 Å². The van der Waals surface area contributed by atoms with Gasteiger partial charge < -0.3 is 30.7 Å². The number of hydrogen-bond acceptors (Lipinski definition) is 6. The van der Waals surface area contributed by atoms with Gasteiger partial charge in [-0.15, -0.1) is 0 Å². The molecule has 2 bridgehead atoms. The van der Waals surface area contributed by atoms with Gasteiger partial charge in [0.15, 0.2) is 0 Å². The molecule has 2 aromatic carbocycles. The van der Waals surface area contributed by atoms with Gasteiger partial charge in [-0.3, -0.25) is 14.4 Å². The molecule has 2 aromatic rings. The number of para-hydroxylation sites is 1. The van der Waals surface area contributed by atoms with Gasteiger partial charge in [0.05, 0.1) is 12.6 Å². The molecule has 9 nitrogen and oxygen atoms in total. The van der Waals surface area contributed by atoms with Crippen LogP contribution in [0.5, 0.6) is 5.75 Å². The number of benzene rings is 2. The van der Waals surface area contributed by atoms with Gasteiger partial charge in [-0.1, -0.05) is 50.6 Å². The van der Waals surface area contributed by atoms with E-state index >= 15 is 0 Å². The number of carbonyl (C=O) groups is 3. The standard InChI is InChI=1S/C32H43FN4O5/c1-4-20(2)28-32(41)37(3)27(19-38)31(40)36-26(17-21-10-13-24(33)14-11-21)30(39)34-16-6-9-22-7-5-8-23-12-15-25(18-35-28)42-29(22)23/h5,7-8,10-11,13-14,20,25-28,35,38H,4,6,9,12,15-19H2,1-3H3,(H,34,39)(H,36,40)/t20?,25?,26-,27+,28+/m1/s1. The molecule has 42 heavy (non-hydrogen) atoms. The Balaban J connectivity index is 1.63. The Kier molecular flexibility index (Phi) is 10.9. The molecule has 0 spiro atoms. The summed E-state index contributed by atoms with van der Waals surface area (Å²) in [5.41, 5.74) is 2.89. The molecular formula is C32H43FN4O5. The monoisotopic (exact) mass is 582 g/mol. The topological polar surface area (TPSA) is 120 Å². The Labute approximate surface area is 247 Å². The van der Waals surface area contributed by atoms with Crippen molar-refractivity contribution in [1.29, 1.82) is 0 Å². The van der Waals surface area contributed by atoms with E-state index in [0.29, 0.717) is 31.5 Å². The highest BCUT2D eigenvalue weighted by Gasteiger charge is 2.35. The number of aliphatic hydroxyl groups is 1. The maximum atomic E-state index is 13.7. The lowest BCUT2D eigenvalue weighted by atomic mass is 9.95. The summed E-state index contributed by atoms with van der Waals surface area (Å²) in [5.74, 6) is -0.928. The summed E-state index contributed by atoms with van der Waals surface area (Å²) in [7, 11) is 1.49. The minimum atomic E-state index is -1.20. The lowest BCUT2D eigenvalue weighted by molar-refractivity contribution is -0.143. The zero-order valence-electron chi connectivity index (χ0n) is 24.7. The highest BCUT2D eigenvalue weighted by molar-refractivity contribution is 5.93. The number of fused-ring (bicyclic) bond motifs is 1. The van der Waals surface area contributed by atoms with Crippen LogP contribution in [0.4, 0.5) is 4.39 Å². The smallest absolute Gasteiger partial charge is 0.245 e. The fourth-order valence-electron chi connectivity index (χ4n) is 5.60. The SMILES string of the molecule is CCC(C)[C@@H]1NCC2CCc3cccc(c3O2)CCCNC(=O)[C@@H](Cc2ccc(F)cc2)NC(=O)[C@H](CO)N(C)C1=O. The molecule has 3 amide bonds. The Morgan fingerprint density at radius 1 is 1.07 bits per heavy atom. The molecule has 10 heteroatoms. The van der Waals surface area contributed by atoms with Crippen molar-refractivity contribution in [3.05, 3.63) is 65.0 Å². The largest absolute Gasteiger partial charge is 0.489 e. The van der Waals surface area contributed by atoms with Crippen molar-refractivity contribution >= 4 is 17.7 Å². The van der Waals surface area contributed by atoms with Gasteiger partial charge in [-0.2, -0.15) is 0 Å². The Hall–Kier alpha value is -3.50. The predicted molar refractivity (Wildman–Crippen MR) is 157 cm³/mol. The first-order valence-electron chi connectivity index (χ1n) is 14.9. The fraction of sp³-hybridized carbons (Fsp3) is 0.531. The van der Waals surface area contributed by atoms with Gasteiger partial charge >= 0.3 is 0 Å². The van der Waals surface area contributed by atoms with Crippen molar-refractivity contribution in [2.24, 2.45) is 5.92 Å². The number of halogens is 1. The third-order valence-electron chi connectivity index (χ3n) is 8.44. The first-order chi connectivity index (χ1) is 20.2. The zero-order valence-corrected chi connectivity index (χ0v) is 24.7. The van der Waals surface area contributed by atoms with Gasteiger partial charge in [0, 0.05) is 26.6 Å². The van der Waals surface area contributed by atoms with Gasteiger partial charge in [0.25, 0.3) is 0 Å². The van der Waals surface area contributed by atoms with Gasteiger partial charge in [-0.05, 0) is 60.4 Å². The quantitative estimate of drug-likeness (QED) is 0.429. The average molecular weight is 583 g/mol. The molecule has 0 saturated heterocycles. The molecular weight excluding hydrogens is 539 g/mol. The number of aryl methyl sites for hydroxylation is 2. The number of nitrogens with zero attached hydrogens (tertiary/aromatic N) is 1. The van der Waals surface area contributed by atoms with Crippen LogP contribution in [0.1, 0.15) is 49.8 Å². The van der Waals surface area contributed by atoms with Crippen molar-refractivity contribution in [2.45, 2.75) is 76.6 Å². The molecule has 4 rings (SSSR count). The first-order valence-corrected chi connectivity index (χ1v) is 14.9. The molecule has 5 atom stereocenters. The van der Waals surface area contributed by atoms with Crippen LogP contribution in [0.15, 0.2) is 42.5 Å². The van der Waals surface area contributed by atoms with Crippen LogP contribution < -0.4 is 20.7 Å². The van der Waals surface area contributed by atoms with Crippen LogP contribution in [0.2, 0.25) is 0 Å². The maximum Gasteiger partial charge on any atom is 0.245 e. The second kappa shape index (κ2) is 14.6. The van der Waals surface area contributed by atoms with Crippen LogP contribution in [0, 0.1) is 11.7 Å². The van der Waals surface area contributed by atoms with Crippen LogP contribution in [0.25, 0.3) is 0 Å². The number of ether oxygens (including phenoxy) is 1. The number of likely N-dealkylation sites (N-methyl/N-ethyl adjacent to an activating group) is 1. The van der Waals surface area contributed by atoms with Gasteiger partial charge in [0.1, 0.15) is 29.8 Å². The molecule has 2 aliphatic heterocycles. The second-order valence-electron chi connectivity index (χ2n) is 11.4. The normalized spacial score (nSPS) is 25.0. The van der Waals surface area contributed by atoms with Crippen LogP contribution in [-0.2, 0) is 33.6 Å². The Morgan fingerprint density at radius 2 is 1.79 bits per heavy atom. The first kappa shape index (κ1) is 31.4. The fourth-order valence-corrected chi connectivity index (χ4v) is 5.60. The number of rotatable bonds is 5. The van der Waals surface area contributed by atoms with E-state index < -0.39 is 42.4 Å². The van der Waals surface area contributed by atoms with Gasteiger partial charge in [-0.25, -0.2) is 4.39 Å². The van der Waals surface area contributed by atoms with E-state index in [4.69, 9.17) is 4.74 Å². The molecule has 4 N–H and O–H groups in total. The summed E-state index contributed by atoms with van der Waals surface area (Å²) in [5, 5.41) is 19.3. The Bertz CT molecular complexity index is 1240. The lowest BCUT2D eigenvalue weighted by Gasteiger charge is -2.34. The summed E-state index contributed by atoms with van der Waals surface area (Å²) >= 11 is 0. The number of aliphatic hydroxyl groups excluding tert-OH is 1. The van der Waals surface area contributed by atoms with Gasteiger partial charge in [0.2, 0.25) is 17.7 Å². The van der Waals surface area contributed by atoms with E-state index in [-0.39, 0.29) is 24.3 Å². The van der Waals surface area contributed by atoms with E-state index in [1.54, 1.807) is 12.1 Å². The lowest BCUT2D eigenvalue weighted by Crippen LogP contribution is -2.59. The molecule has 228 valence electrons. The molecule has 0 aromatic heterocycles. The van der Waals surface area contributed by atoms with Crippen LogP contribution in [-0.4, -0.2) is 78.7 Å². The molecule has 2 aliphatic rings. The third kappa shape index (κ3) is 7.66. The molecule has 0 radical (unpaired) electrons. The van der Waals surface area contributed by atoms with Crippen LogP contribution >= 0.6 is 0 Å². The molecule has 0 aliphatic carbocycles.